The first-order valence-electron chi connectivity index (χ1n) is 25.8. The van der Waals surface area contributed by atoms with Gasteiger partial charge in [0.1, 0.15) is 11.4 Å². The number of amides is 1. The van der Waals surface area contributed by atoms with Crippen LogP contribution in [0.2, 0.25) is 0 Å². The summed E-state index contributed by atoms with van der Waals surface area (Å²) in [5, 5.41) is 0. The minimum atomic E-state index is -0.739. The zero-order chi connectivity index (χ0) is 48.6. The fourth-order valence-corrected chi connectivity index (χ4v) is 11.4. The summed E-state index contributed by atoms with van der Waals surface area (Å²) in [5.41, 5.74) is 19.6. The number of carbonyl (C=O) groups excluding carboxylic acids is 2. The van der Waals surface area contributed by atoms with Gasteiger partial charge in [0.2, 0.25) is 0 Å². The van der Waals surface area contributed by atoms with E-state index in [9.17, 15) is 9.59 Å². The third-order valence-corrected chi connectivity index (χ3v) is 15.4. The normalized spacial score (nSPS) is 24.9. The topological polar surface area (TPSA) is 100 Å². The summed E-state index contributed by atoms with van der Waals surface area (Å²) in [7, 11) is 3.26. The summed E-state index contributed by atoms with van der Waals surface area (Å²) < 4.78 is 24.6. The van der Waals surface area contributed by atoms with Gasteiger partial charge in [0, 0.05) is 48.4 Å². The summed E-state index contributed by atoms with van der Waals surface area (Å²) in [4.78, 5) is 30.0. The van der Waals surface area contributed by atoms with Gasteiger partial charge >= 0.3 is 0 Å². The summed E-state index contributed by atoms with van der Waals surface area (Å²) in [6, 6.07) is 20.7. The van der Waals surface area contributed by atoms with Crippen molar-refractivity contribution >= 4 is 34.6 Å². The molecule has 9 rings (SSSR count). The van der Waals surface area contributed by atoms with Crippen LogP contribution in [0.3, 0.4) is 0 Å². The van der Waals surface area contributed by atoms with Crippen molar-refractivity contribution < 1.29 is 28.5 Å². The maximum atomic E-state index is 14.2. The average molecular weight is 939 g/mol. The molecule has 1 fully saturated rings. The summed E-state index contributed by atoms with van der Waals surface area (Å²) in [6.45, 7) is 5.34. The van der Waals surface area contributed by atoms with Crippen molar-refractivity contribution in [3.63, 3.8) is 0 Å². The molecule has 0 radical (unpaired) electrons. The molecule has 2 heterocycles. The van der Waals surface area contributed by atoms with Crippen LogP contribution in [0.25, 0.3) is 17.2 Å². The van der Waals surface area contributed by atoms with E-state index in [0.29, 0.717) is 66.6 Å². The molecule has 364 valence electrons. The number of anilines is 1. The Morgan fingerprint density at radius 3 is 2.44 bits per heavy atom. The Balaban J connectivity index is 0.775. The van der Waals surface area contributed by atoms with Crippen LogP contribution in [-0.2, 0) is 20.7 Å². The first kappa shape index (κ1) is 48.7. The lowest BCUT2D eigenvalue weighted by molar-refractivity contribution is -0.125. The molecule has 3 atom stereocenters. The molecule has 1 amide bonds. The number of nitrogens with zero attached hydrogens (tertiary/aromatic N) is 1. The highest BCUT2D eigenvalue weighted by atomic mass is 16.5. The van der Waals surface area contributed by atoms with Gasteiger partial charge in [-0.2, -0.15) is 0 Å². The number of allylic oxidation sites excluding steroid dienone is 8. The van der Waals surface area contributed by atoms with Gasteiger partial charge in [-0.05, 0) is 152 Å². The number of rotatable bonds is 16. The lowest BCUT2D eigenvalue weighted by atomic mass is 9.77. The molecule has 0 aromatic heterocycles. The minimum Gasteiger partial charge on any atom is -0.498 e. The fourth-order valence-electron chi connectivity index (χ4n) is 11.4. The highest BCUT2D eigenvalue weighted by Crippen LogP contribution is 2.42. The van der Waals surface area contributed by atoms with Crippen LogP contribution in [0.4, 0.5) is 5.69 Å². The highest BCUT2D eigenvalue weighted by Gasteiger charge is 2.40. The van der Waals surface area contributed by atoms with Crippen molar-refractivity contribution in [2.45, 2.75) is 115 Å². The van der Waals surface area contributed by atoms with Crippen molar-refractivity contribution in [3.05, 3.63) is 171 Å². The van der Waals surface area contributed by atoms with E-state index in [4.69, 9.17) is 24.7 Å². The van der Waals surface area contributed by atoms with E-state index in [1.807, 2.05) is 84.8 Å². The number of Topliss-reactive ketones (excluding diaryl/α,β-unsaturated/α-hetero) is 1. The van der Waals surface area contributed by atoms with Crippen molar-refractivity contribution in [2.24, 2.45) is 17.8 Å². The van der Waals surface area contributed by atoms with Crippen LogP contribution in [0.5, 0.6) is 11.5 Å². The lowest BCUT2D eigenvalue weighted by Gasteiger charge is -2.36. The summed E-state index contributed by atoms with van der Waals surface area (Å²) in [5.74, 6) is 3.61. The predicted octanol–water partition coefficient (Wildman–Crippen LogP) is 13.5. The molecule has 6 aliphatic rings. The maximum Gasteiger partial charge on any atom is 0.258 e. The number of benzene rings is 3. The van der Waals surface area contributed by atoms with Gasteiger partial charge in [-0.25, -0.2) is 0 Å². The van der Waals surface area contributed by atoms with Crippen molar-refractivity contribution in [1.82, 2.24) is 4.90 Å². The molecule has 0 saturated heterocycles. The van der Waals surface area contributed by atoms with Gasteiger partial charge < -0.3 is 29.6 Å². The van der Waals surface area contributed by atoms with Gasteiger partial charge in [-0.1, -0.05) is 111 Å². The number of unbranched alkanes of at least 4 members (excludes halogenated alkanes) is 2. The zero-order valence-electron chi connectivity index (χ0n) is 41.6. The standard InChI is InChI=1S/C62H70N2O6/c1-5-13-42-20-22-43(23-21-42)32-44-24-26-45(27-25-44)48-28-29-49-36-57(65)55-38-58(67-3)59(37-50(55)17-11-15-46(49)33-48)69-30-9-6-10-31-70-62(2)40-51-14-7-8-19-54-35-52(47-16-12-18-53(63)34-47)41-64(54)61(66)56(51)39-60(62)68-4/h7-8,12,14-19,24-29,34,37-39,41-43,46,54H,5-6,9-10,13,20-23,30-33,35-36,40,63H2,1-4H3/b14-7+,19-8+/t11?,42?,43?,46-,54-,62?/m1/s1. The van der Waals surface area contributed by atoms with E-state index in [2.05, 4.69) is 61.2 Å². The number of methoxy groups -OCH3 is 2. The van der Waals surface area contributed by atoms with E-state index < -0.39 is 5.60 Å². The van der Waals surface area contributed by atoms with Gasteiger partial charge in [0.05, 0.1) is 26.9 Å². The van der Waals surface area contributed by atoms with Gasteiger partial charge in [-0.3, -0.25) is 9.59 Å². The number of fused-ring (bicyclic) bond motifs is 3. The van der Waals surface area contributed by atoms with Gasteiger partial charge in [-0.15, -0.1) is 5.73 Å². The molecule has 1 unspecified atom stereocenters. The van der Waals surface area contributed by atoms with Crippen LogP contribution in [0.1, 0.15) is 130 Å². The van der Waals surface area contributed by atoms with Gasteiger partial charge in [0.25, 0.3) is 5.91 Å². The number of ether oxygens (including phenoxy) is 4. The van der Waals surface area contributed by atoms with E-state index in [1.165, 1.54) is 61.6 Å². The second-order valence-electron chi connectivity index (χ2n) is 20.3. The Labute approximate surface area is 415 Å². The molecular weight excluding hydrogens is 869 g/mol. The van der Waals surface area contributed by atoms with E-state index >= 15 is 0 Å². The van der Waals surface area contributed by atoms with Crippen LogP contribution in [-0.4, -0.2) is 55.7 Å². The number of hydrogen-bond acceptors (Lipinski definition) is 7. The molecule has 8 nitrogen and oxygen atoms in total. The molecule has 4 aliphatic carbocycles. The van der Waals surface area contributed by atoms with Crippen molar-refractivity contribution in [1.29, 1.82) is 0 Å². The number of nitrogens with two attached hydrogens (primary N) is 1. The predicted molar refractivity (Wildman–Crippen MR) is 282 cm³/mol. The smallest absolute Gasteiger partial charge is 0.258 e. The second kappa shape index (κ2) is 22.2. The fraction of sp³-hybridized carbons (Fsp3) is 0.403. The average Bonchev–Trinajstić information content (AvgIpc) is 3.83. The second-order valence-corrected chi connectivity index (χ2v) is 20.3. The summed E-state index contributed by atoms with van der Waals surface area (Å²) >= 11 is 0. The lowest BCUT2D eigenvalue weighted by Crippen LogP contribution is -2.38. The Morgan fingerprint density at radius 1 is 0.843 bits per heavy atom. The van der Waals surface area contributed by atoms with Crippen molar-refractivity contribution in [3.8, 4) is 11.5 Å². The molecule has 1 saturated carbocycles. The molecule has 3 aromatic rings. The Hall–Kier alpha value is -6.34. The Kier molecular flexibility index (Phi) is 15.4. The number of nitrogen functional groups attached to an aromatic ring is 1. The number of ketones is 1. The highest BCUT2D eigenvalue weighted by molar-refractivity contribution is 6.02. The molecule has 3 aromatic carbocycles. The molecule has 2 N–H and O–H groups in total. The Bertz CT molecular complexity index is 2730. The molecule has 0 bridgehead atoms. The third kappa shape index (κ3) is 11.1. The maximum absolute atomic E-state index is 14.2. The molecule has 2 aliphatic heterocycles. The molecule has 8 heteroatoms. The third-order valence-electron chi connectivity index (χ3n) is 15.4. The van der Waals surface area contributed by atoms with Crippen LogP contribution in [0.15, 0.2) is 144 Å². The van der Waals surface area contributed by atoms with Crippen LogP contribution >= 0.6 is 0 Å². The first-order chi connectivity index (χ1) is 34.1. The molecular formula is C62H70N2O6. The van der Waals surface area contributed by atoms with E-state index in [-0.39, 0.29) is 23.7 Å². The van der Waals surface area contributed by atoms with Crippen LogP contribution < -0.4 is 15.2 Å². The molecule has 0 spiro atoms. The number of carbonyl (C=O) groups is 2. The largest absolute Gasteiger partial charge is 0.498 e. The monoisotopic (exact) mass is 939 g/mol. The first-order valence-corrected chi connectivity index (χ1v) is 25.8. The minimum absolute atomic E-state index is 0.0608. The van der Waals surface area contributed by atoms with Crippen LogP contribution in [0, 0.1) is 17.8 Å². The van der Waals surface area contributed by atoms with E-state index in [0.717, 1.165) is 65.4 Å². The Morgan fingerprint density at radius 2 is 1.66 bits per heavy atom. The van der Waals surface area contributed by atoms with Crippen molar-refractivity contribution in [2.75, 3.05) is 33.2 Å². The SMILES string of the molecule is CCCC1CCC(Cc2ccc(C3=CC=C4CC(=O)c5cc(OC)c(OCCCCCOC6(C)CC7=C(C=C6OC)C(=O)N6C=C(c8cccc(N)c8)C[C@H]6/C=C/C=C/7)cc5C=C=C[C@@H]4C3)cc2)CC1. The quantitative estimate of drug-likeness (QED) is 0.0867. The summed E-state index contributed by atoms with van der Waals surface area (Å²) in [6.07, 6.45) is 34.6. The number of hydrogen-bond donors (Lipinski definition) is 1. The van der Waals surface area contributed by atoms with E-state index in [1.54, 1.807) is 14.2 Å². The van der Waals surface area contributed by atoms with Gasteiger partial charge in [0.15, 0.2) is 17.3 Å². The zero-order valence-corrected chi connectivity index (χ0v) is 41.6. The molecule has 70 heavy (non-hydrogen) atoms.